The van der Waals surface area contributed by atoms with Crippen molar-refractivity contribution in [2.75, 3.05) is 9.80 Å². The number of hydrogen-bond acceptors (Lipinski definition) is 2. The Bertz CT molecular complexity index is 4820. The summed E-state index contributed by atoms with van der Waals surface area (Å²) in [5.74, 6) is 0. The van der Waals surface area contributed by atoms with Crippen molar-refractivity contribution in [3.8, 4) is 55.6 Å². The minimum absolute atomic E-state index is 1.09. The number of para-hydroxylation sites is 2. The van der Waals surface area contributed by atoms with Gasteiger partial charge in [0, 0.05) is 45.0 Å². The van der Waals surface area contributed by atoms with Crippen LogP contribution in [0, 0.1) is 13.8 Å². The molecule has 0 aliphatic heterocycles. The van der Waals surface area contributed by atoms with Crippen LogP contribution in [0.4, 0.5) is 34.1 Å². The second-order valence-electron chi connectivity index (χ2n) is 23.2. The Morgan fingerprint density at radius 2 is 0.432 bits per heavy atom. The zero-order valence-corrected chi connectivity index (χ0v) is 49.1. The summed E-state index contributed by atoms with van der Waals surface area (Å²) < 4.78 is 0. The van der Waals surface area contributed by atoms with E-state index in [1.165, 1.54) is 64.6 Å². The zero-order valence-electron chi connectivity index (χ0n) is 49.1. The molecular formula is C86H60N2. The Morgan fingerprint density at radius 1 is 0.182 bits per heavy atom. The summed E-state index contributed by atoms with van der Waals surface area (Å²) in [6.07, 6.45) is 0. The van der Waals surface area contributed by atoms with Crippen molar-refractivity contribution >= 4 is 98.8 Å². The third-order valence-electron chi connectivity index (χ3n) is 18.0. The standard InChI is InChI=1S/C86H60N2/c1-57-53-63(45-51-83(57)87(85-67(59-25-7-3-8-26-59)41-23-42-68(85)60-27-9-4-10-28-60)65-47-49-79-75-37-17-15-33-71(75)73-35-19-21-39-77(73)81(79)55-65)64-46-52-84(58(2)54-64)88(86-69(61-29-11-5-12-30-61)43-24-44-70(86)62-31-13-6-14-32-62)66-48-50-80-76-38-18-16-34-72(76)74-36-20-22-40-78(74)82(80)56-66/h3-56H,1-2H3. The van der Waals surface area contributed by atoms with Gasteiger partial charge >= 0.3 is 0 Å². The third kappa shape index (κ3) is 8.96. The van der Waals surface area contributed by atoms with Crippen molar-refractivity contribution in [2.45, 2.75) is 13.8 Å². The molecule has 0 saturated carbocycles. The van der Waals surface area contributed by atoms with E-state index in [1.54, 1.807) is 0 Å². The van der Waals surface area contributed by atoms with Crippen LogP contribution in [0.25, 0.3) is 120 Å². The third-order valence-corrected chi connectivity index (χ3v) is 18.0. The van der Waals surface area contributed by atoms with Crippen LogP contribution < -0.4 is 9.80 Å². The molecule has 16 aromatic rings. The van der Waals surface area contributed by atoms with Gasteiger partial charge < -0.3 is 9.80 Å². The second kappa shape index (κ2) is 21.9. The Labute approximate surface area is 513 Å². The van der Waals surface area contributed by atoms with Gasteiger partial charge in [0.05, 0.1) is 11.4 Å². The zero-order chi connectivity index (χ0) is 58.7. The van der Waals surface area contributed by atoms with Gasteiger partial charge in [-0.15, -0.1) is 0 Å². The summed E-state index contributed by atoms with van der Waals surface area (Å²) in [4.78, 5) is 5.06. The van der Waals surface area contributed by atoms with Crippen LogP contribution in [0.5, 0.6) is 0 Å². The van der Waals surface area contributed by atoms with Crippen molar-refractivity contribution in [3.05, 3.63) is 339 Å². The van der Waals surface area contributed by atoms with Crippen LogP contribution in [-0.4, -0.2) is 0 Å². The summed E-state index contributed by atoms with van der Waals surface area (Å²) in [7, 11) is 0. The van der Waals surface area contributed by atoms with Crippen LogP contribution in [0.3, 0.4) is 0 Å². The average Bonchev–Trinajstić information content (AvgIpc) is 0.948. The summed E-state index contributed by atoms with van der Waals surface area (Å²) in [5, 5.41) is 15.0. The van der Waals surface area contributed by atoms with Crippen molar-refractivity contribution < 1.29 is 0 Å². The molecule has 0 unspecified atom stereocenters. The fraction of sp³-hybridized carbons (Fsp3) is 0.0233. The van der Waals surface area contributed by atoms with Gasteiger partial charge in [0.2, 0.25) is 0 Å². The van der Waals surface area contributed by atoms with Crippen molar-refractivity contribution in [1.82, 2.24) is 0 Å². The van der Waals surface area contributed by atoms with Gasteiger partial charge in [0.1, 0.15) is 0 Å². The number of anilines is 6. The van der Waals surface area contributed by atoms with Crippen molar-refractivity contribution in [3.63, 3.8) is 0 Å². The van der Waals surface area contributed by atoms with Crippen LogP contribution in [0.15, 0.2) is 328 Å². The largest absolute Gasteiger partial charge is 0.309 e. The molecule has 414 valence electrons. The van der Waals surface area contributed by atoms with Crippen molar-refractivity contribution in [2.24, 2.45) is 0 Å². The molecule has 0 N–H and O–H groups in total. The smallest absolute Gasteiger partial charge is 0.0618 e. The van der Waals surface area contributed by atoms with E-state index in [1.807, 2.05) is 0 Å². The number of hydrogen-bond donors (Lipinski definition) is 0. The molecule has 16 aromatic carbocycles. The highest BCUT2D eigenvalue weighted by Gasteiger charge is 2.27. The molecule has 0 radical (unpaired) electrons. The first-order chi connectivity index (χ1) is 43.5. The molecule has 0 aromatic heterocycles. The number of fused-ring (bicyclic) bond motifs is 12. The highest BCUT2D eigenvalue weighted by molar-refractivity contribution is 6.27. The topological polar surface area (TPSA) is 6.48 Å². The van der Waals surface area contributed by atoms with Crippen LogP contribution in [0.2, 0.25) is 0 Å². The predicted octanol–water partition coefficient (Wildman–Crippen LogP) is 24.5. The molecule has 0 amide bonds. The highest BCUT2D eigenvalue weighted by Crippen LogP contribution is 2.52. The van der Waals surface area contributed by atoms with Gasteiger partial charge in [-0.3, -0.25) is 0 Å². The lowest BCUT2D eigenvalue weighted by atomic mass is 9.91. The minimum atomic E-state index is 1.09. The van der Waals surface area contributed by atoms with E-state index >= 15 is 0 Å². The summed E-state index contributed by atoms with van der Waals surface area (Å²) in [6.45, 7) is 4.56. The van der Waals surface area contributed by atoms with E-state index in [-0.39, 0.29) is 0 Å². The Balaban J connectivity index is 0.894. The fourth-order valence-corrected chi connectivity index (χ4v) is 14.0. The maximum atomic E-state index is 2.53. The molecule has 0 heterocycles. The van der Waals surface area contributed by atoms with E-state index in [0.29, 0.717) is 0 Å². The summed E-state index contributed by atoms with van der Waals surface area (Å²) in [5.41, 5.74) is 20.5. The molecule has 2 nitrogen and oxygen atoms in total. The SMILES string of the molecule is Cc1cc(-c2ccc(N(c3ccc4c5ccccc5c5ccccc5c4c3)c3c(-c4ccccc4)cccc3-c3ccccc3)c(C)c2)ccc1N(c1ccc2c3ccccc3c3ccccc3c2c1)c1c(-c2ccccc2)cccc1-c1ccccc1. The predicted molar refractivity (Wildman–Crippen MR) is 377 cm³/mol. The molecule has 0 bridgehead atoms. The highest BCUT2D eigenvalue weighted by atomic mass is 15.2. The molecule has 2 heteroatoms. The summed E-state index contributed by atoms with van der Waals surface area (Å²) >= 11 is 0. The van der Waals surface area contributed by atoms with E-state index in [2.05, 4.69) is 351 Å². The van der Waals surface area contributed by atoms with E-state index in [0.717, 1.165) is 101 Å². The lowest BCUT2D eigenvalue weighted by molar-refractivity contribution is 1.25. The number of aryl methyl sites for hydroxylation is 2. The number of rotatable bonds is 11. The maximum Gasteiger partial charge on any atom is 0.0618 e. The molecular weight excluding hydrogens is 1060 g/mol. The molecule has 0 atom stereocenters. The molecule has 0 spiro atoms. The first-order valence-corrected chi connectivity index (χ1v) is 30.5. The molecule has 0 aliphatic rings. The van der Waals surface area contributed by atoms with Crippen LogP contribution in [0.1, 0.15) is 11.1 Å². The lowest BCUT2D eigenvalue weighted by Crippen LogP contribution is -2.14. The van der Waals surface area contributed by atoms with Crippen LogP contribution in [-0.2, 0) is 0 Å². The molecule has 88 heavy (non-hydrogen) atoms. The fourth-order valence-electron chi connectivity index (χ4n) is 14.0. The van der Waals surface area contributed by atoms with Gasteiger partial charge in [-0.05, 0) is 172 Å². The molecule has 0 saturated heterocycles. The second-order valence-corrected chi connectivity index (χ2v) is 23.2. The molecule has 0 fully saturated rings. The Morgan fingerprint density at radius 3 is 0.705 bits per heavy atom. The normalized spacial score (nSPS) is 11.5. The molecule has 0 aliphatic carbocycles. The first-order valence-electron chi connectivity index (χ1n) is 30.5. The Hall–Kier alpha value is -11.3. The van der Waals surface area contributed by atoms with Gasteiger partial charge in [0.15, 0.2) is 0 Å². The number of nitrogens with zero attached hydrogens (tertiary/aromatic N) is 2. The van der Waals surface area contributed by atoms with E-state index in [9.17, 15) is 0 Å². The average molecular weight is 1120 g/mol. The monoisotopic (exact) mass is 1120 g/mol. The van der Waals surface area contributed by atoms with Gasteiger partial charge in [-0.2, -0.15) is 0 Å². The van der Waals surface area contributed by atoms with E-state index < -0.39 is 0 Å². The van der Waals surface area contributed by atoms with E-state index in [4.69, 9.17) is 0 Å². The number of benzene rings is 16. The van der Waals surface area contributed by atoms with Crippen LogP contribution >= 0.6 is 0 Å². The minimum Gasteiger partial charge on any atom is -0.309 e. The quantitative estimate of drug-likeness (QED) is 0.119. The lowest BCUT2D eigenvalue weighted by Gasteiger charge is -2.32. The molecule has 16 rings (SSSR count). The maximum absolute atomic E-state index is 2.53. The van der Waals surface area contributed by atoms with Gasteiger partial charge in [0.25, 0.3) is 0 Å². The Kier molecular flexibility index (Phi) is 13.0. The van der Waals surface area contributed by atoms with Gasteiger partial charge in [-0.25, -0.2) is 0 Å². The van der Waals surface area contributed by atoms with Gasteiger partial charge in [-0.1, -0.05) is 279 Å². The first kappa shape index (κ1) is 52.3. The van der Waals surface area contributed by atoms with Crippen molar-refractivity contribution in [1.29, 1.82) is 0 Å². The summed E-state index contributed by atoms with van der Waals surface area (Å²) in [6, 6.07) is 121.